The minimum absolute atomic E-state index is 0.143. The molecule has 2 aromatic rings. The molecule has 4 nitrogen and oxygen atoms in total. The van der Waals surface area contributed by atoms with Gasteiger partial charge in [0.05, 0.1) is 5.69 Å². The van der Waals surface area contributed by atoms with E-state index in [-0.39, 0.29) is 11.2 Å². The predicted molar refractivity (Wildman–Crippen MR) is 77.6 cm³/mol. The first-order valence-corrected chi connectivity index (χ1v) is 7.05. The lowest BCUT2D eigenvalue weighted by molar-refractivity contribution is -0.141. The third-order valence-electron chi connectivity index (χ3n) is 3.50. The third kappa shape index (κ3) is 3.59. The number of nitrogens with one attached hydrogen (secondary N) is 2. The first-order chi connectivity index (χ1) is 10.2. The number of aromatic nitrogens is 3. The number of aromatic amines is 1. The number of halogens is 4. The molecule has 0 amide bonds. The second-order valence-electron chi connectivity index (χ2n) is 5.09. The van der Waals surface area contributed by atoms with Crippen molar-refractivity contribution < 1.29 is 13.2 Å². The molecule has 0 spiro atoms. The van der Waals surface area contributed by atoms with Gasteiger partial charge in [0.15, 0.2) is 0 Å². The molecule has 0 aromatic carbocycles. The lowest BCUT2D eigenvalue weighted by Gasteiger charge is -2.16. The molecule has 8 heteroatoms. The number of hydrogen-bond acceptors (Lipinski definition) is 3. The van der Waals surface area contributed by atoms with Crippen molar-refractivity contribution in [3.8, 4) is 0 Å². The van der Waals surface area contributed by atoms with E-state index in [1.54, 1.807) is 0 Å². The van der Waals surface area contributed by atoms with Crippen molar-refractivity contribution in [1.29, 1.82) is 0 Å². The highest BCUT2D eigenvalue weighted by molar-refractivity contribution is 6.30. The van der Waals surface area contributed by atoms with Crippen LogP contribution >= 0.6 is 11.6 Å². The molecule has 0 aliphatic rings. The first kappa shape index (κ1) is 16.8. The number of H-pyrrole nitrogens is 1. The van der Waals surface area contributed by atoms with Crippen molar-refractivity contribution in [2.24, 2.45) is 0 Å². The minimum atomic E-state index is -4.50. The van der Waals surface area contributed by atoms with E-state index in [2.05, 4.69) is 20.5 Å². The maximum Gasteiger partial charge on any atom is 0.433 e. The van der Waals surface area contributed by atoms with Crippen molar-refractivity contribution in [3.05, 3.63) is 45.5 Å². The zero-order valence-corrected chi connectivity index (χ0v) is 13.1. The summed E-state index contributed by atoms with van der Waals surface area (Å²) in [5.74, 6) is 0. The smallest absolute Gasteiger partial charge is 0.306 e. The zero-order chi connectivity index (χ0) is 16.5. The molecule has 2 rings (SSSR count). The summed E-state index contributed by atoms with van der Waals surface area (Å²) in [5, 5.41) is 10.1. The number of alkyl halides is 3. The first-order valence-electron chi connectivity index (χ1n) is 6.67. The fourth-order valence-electron chi connectivity index (χ4n) is 2.13. The van der Waals surface area contributed by atoms with Gasteiger partial charge in [0.25, 0.3) is 0 Å². The van der Waals surface area contributed by atoms with Gasteiger partial charge in [0.1, 0.15) is 10.8 Å². The molecule has 0 fully saturated rings. The second kappa shape index (κ2) is 6.26. The van der Waals surface area contributed by atoms with Crippen molar-refractivity contribution >= 4 is 11.6 Å². The van der Waals surface area contributed by atoms with Crippen molar-refractivity contribution in [1.82, 2.24) is 20.5 Å². The fraction of sp³-hybridized carbons (Fsp3) is 0.429. The Balaban J connectivity index is 2.11. The quantitative estimate of drug-likeness (QED) is 0.834. The third-order valence-corrected chi connectivity index (χ3v) is 3.80. The topological polar surface area (TPSA) is 53.6 Å². The lowest BCUT2D eigenvalue weighted by Crippen LogP contribution is -2.20. The molecular weight excluding hydrogens is 317 g/mol. The van der Waals surface area contributed by atoms with Gasteiger partial charge in [0, 0.05) is 29.4 Å². The summed E-state index contributed by atoms with van der Waals surface area (Å²) in [6, 6.07) is 2.05. The largest absolute Gasteiger partial charge is 0.433 e. The van der Waals surface area contributed by atoms with Gasteiger partial charge in [-0.3, -0.25) is 5.10 Å². The summed E-state index contributed by atoms with van der Waals surface area (Å²) in [4.78, 5) is 3.43. The van der Waals surface area contributed by atoms with E-state index >= 15 is 0 Å². The van der Waals surface area contributed by atoms with E-state index in [1.165, 1.54) is 6.07 Å². The van der Waals surface area contributed by atoms with Crippen LogP contribution < -0.4 is 5.32 Å². The number of rotatable bonds is 4. The molecule has 0 saturated heterocycles. The number of nitrogens with zero attached hydrogens (tertiary/aromatic N) is 2. The van der Waals surface area contributed by atoms with Gasteiger partial charge >= 0.3 is 6.18 Å². The Hall–Kier alpha value is -1.60. The van der Waals surface area contributed by atoms with Crippen LogP contribution in [0, 0.1) is 13.8 Å². The molecule has 0 aliphatic carbocycles. The Labute approximate surface area is 131 Å². The van der Waals surface area contributed by atoms with E-state index in [0.717, 1.165) is 23.0 Å². The summed E-state index contributed by atoms with van der Waals surface area (Å²) in [6.45, 7) is 6.15. The van der Waals surface area contributed by atoms with Gasteiger partial charge in [-0.05, 0) is 26.8 Å². The van der Waals surface area contributed by atoms with E-state index in [0.29, 0.717) is 12.1 Å². The molecule has 0 saturated carbocycles. The molecule has 22 heavy (non-hydrogen) atoms. The van der Waals surface area contributed by atoms with E-state index in [1.807, 2.05) is 20.8 Å². The molecule has 0 radical (unpaired) electrons. The number of hydrogen-bond donors (Lipinski definition) is 2. The number of pyridine rings is 1. The van der Waals surface area contributed by atoms with Crippen LogP contribution in [0.4, 0.5) is 13.2 Å². The van der Waals surface area contributed by atoms with Crippen LogP contribution in [0.2, 0.25) is 5.15 Å². The standard InChI is InChI=1S/C14H16ClF3N4/c1-7(19-6-11-8(2)21-22-9(11)3)10-4-5-12(14(16,17)18)20-13(10)15/h4-5,7,19H,6H2,1-3H3,(H,21,22). The van der Waals surface area contributed by atoms with Crippen LogP contribution in [0.3, 0.4) is 0 Å². The van der Waals surface area contributed by atoms with Crippen molar-refractivity contribution in [2.45, 2.75) is 39.5 Å². The maximum atomic E-state index is 12.6. The number of aryl methyl sites for hydroxylation is 2. The highest BCUT2D eigenvalue weighted by Gasteiger charge is 2.33. The van der Waals surface area contributed by atoms with Crippen LogP contribution in [-0.4, -0.2) is 15.2 Å². The predicted octanol–water partition coefficient (Wildman–Crippen LogP) is 3.94. The maximum absolute atomic E-state index is 12.6. The molecular formula is C14H16ClF3N4. The molecule has 0 aliphatic heterocycles. The van der Waals surface area contributed by atoms with E-state index < -0.39 is 11.9 Å². The zero-order valence-electron chi connectivity index (χ0n) is 12.3. The van der Waals surface area contributed by atoms with Crippen LogP contribution in [-0.2, 0) is 12.7 Å². The summed E-state index contributed by atoms with van der Waals surface area (Å²) in [6.07, 6.45) is -4.50. The SMILES string of the molecule is Cc1n[nH]c(C)c1CNC(C)c1ccc(C(F)(F)F)nc1Cl. The Kier molecular flexibility index (Phi) is 4.77. The summed E-state index contributed by atoms with van der Waals surface area (Å²) in [7, 11) is 0. The molecule has 2 heterocycles. The second-order valence-corrected chi connectivity index (χ2v) is 5.45. The average Bonchev–Trinajstić information content (AvgIpc) is 2.74. The van der Waals surface area contributed by atoms with Crippen LogP contribution in [0.1, 0.15) is 41.2 Å². The van der Waals surface area contributed by atoms with Gasteiger partial charge in [-0.15, -0.1) is 0 Å². The van der Waals surface area contributed by atoms with Gasteiger partial charge in [-0.1, -0.05) is 17.7 Å². The lowest BCUT2D eigenvalue weighted by atomic mass is 10.1. The average molecular weight is 333 g/mol. The van der Waals surface area contributed by atoms with Crippen molar-refractivity contribution in [3.63, 3.8) is 0 Å². The van der Waals surface area contributed by atoms with Gasteiger partial charge in [0.2, 0.25) is 0 Å². The monoisotopic (exact) mass is 332 g/mol. The summed E-state index contributed by atoms with van der Waals surface area (Å²) in [5.41, 5.74) is 2.40. The van der Waals surface area contributed by atoms with Crippen LogP contribution in [0.25, 0.3) is 0 Å². The normalized spacial score (nSPS) is 13.4. The highest BCUT2D eigenvalue weighted by Crippen LogP contribution is 2.31. The van der Waals surface area contributed by atoms with Crippen molar-refractivity contribution in [2.75, 3.05) is 0 Å². The molecule has 2 aromatic heterocycles. The van der Waals surface area contributed by atoms with E-state index in [9.17, 15) is 13.2 Å². The van der Waals surface area contributed by atoms with Gasteiger partial charge < -0.3 is 5.32 Å². The molecule has 1 atom stereocenters. The Morgan fingerprint density at radius 3 is 2.50 bits per heavy atom. The summed E-state index contributed by atoms with van der Waals surface area (Å²) >= 11 is 5.88. The van der Waals surface area contributed by atoms with Crippen LogP contribution in [0.15, 0.2) is 12.1 Å². The Morgan fingerprint density at radius 1 is 1.32 bits per heavy atom. The Bertz CT molecular complexity index is 647. The molecule has 120 valence electrons. The fourth-order valence-corrected chi connectivity index (χ4v) is 2.44. The minimum Gasteiger partial charge on any atom is -0.306 e. The molecule has 1 unspecified atom stereocenters. The summed E-state index contributed by atoms with van der Waals surface area (Å²) < 4.78 is 37.7. The molecule has 0 bridgehead atoms. The van der Waals surface area contributed by atoms with E-state index in [4.69, 9.17) is 11.6 Å². The Morgan fingerprint density at radius 2 is 2.00 bits per heavy atom. The van der Waals surface area contributed by atoms with Gasteiger partial charge in [-0.2, -0.15) is 18.3 Å². The van der Waals surface area contributed by atoms with Crippen LogP contribution in [0.5, 0.6) is 0 Å². The van der Waals surface area contributed by atoms with Gasteiger partial charge in [-0.25, -0.2) is 4.98 Å². The molecule has 2 N–H and O–H groups in total. The highest BCUT2D eigenvalue weighted by atomic mass is 35.5.